The van der Waals surface area contributed by atoms with Crippen molar-refractivity contribution in [2.45, 2.75) is 6.54 Å². The normalized spacial score (nSPS) is 10.8. The number of carboxylic acids is 1. The number of nitrogens with one attached hydrogen (secondary N) is 1. The predicted octanol–water partition coefficient (Wildman–Crippen LogP) is 0.261. The SMILES string of the molecule is O=C(O)c1cccc(Cn2cnc3n[nH]nc3c2=O)c1. The van der Waals surface area contributed by atoms with Gasteiger partial charge in [-0.1, -0.05) is 12.1 Å². The van der Waals surface area contributed by atoms with Crippen LogP contribution in [0.25, 0.3) is 11.2 Å². The number of aromatic carboxylic acids is 1. The average Bonchev–Trinajstić information content (AvgIpc) is 2.91. The first kappa shape index (κ1) is 12.0. The Balaban J connectivity index is 2.01. The molecule has 0 aliphatic rings. The molecule has 0 aliphatic carbocycles. The van der Waals surface area contributed by atoms with Gasteiger partial charge in [-0.25, -0.2) is 9.78 Å². The van der Waals surface area contributed by atoms with Crippen LogP contribution in [0.1, 0.15) is 15.9 Å². The summed E-state index contributed by atoms with van der Waals surface area (Å²) in [5.41, 5.74) is 0.944. The monoisotopic (exact) mass is 271 g/mol. The molecule has 100 valence electrons. The quantitative estimate of drug-likeness (QED) is 0.706. The molecule has 8 heteroatoms. The van der Waals surface area contributed by atoms with Gasteiger partial charge in [0.25, 0.3) is 5.56 Å². The lowest BCUT2D eigenvalue weighted by molar-refractivity contribution is 0.0696. The van der Waals surface area contributed by atoms with E-state index in [2.05, 4.69) is 20.4 Å². The Labute approximate surface area is 111 Å². The highest BCUT2D eigenvalue weighted by Gasteiger charge is 2.09. The molecule has 0 saturated carbocycles. The fourth-order valence-corrected chi connectivity index (χ4v) is 1.88. The van der Waals surface area contributed by atoms with Gasteiger partial charge in [0, 0.05) is 0 Å². The van der Waals surface area contributed by atoms with E-state index in [-0.39, 0.29) is 28.8 Å². The van der Waals surface area contributed by atoms with E-state index >= 15 is 0 Å². The van der Waals surface area contributed by atoms with Crippen LogP contribution in [0.3, 0.4) is 0 Å². The van der Waals surface area contributed by atoms with Crippen LogP contribution in [-0.4, -0.2) is 36.0 Å². The van der Waals surface area contributed by atoms with Crippen molar-refractivity contribution in [3.63, 3.8) is 0 Å². The summed E-state index contributed by atoms with van der Waals surface area (Å²) in [7, 11) is 0. The number of nitrogens with zero attached hydrogens (tertiary/aromatic N) is 4. The average molecular weight is 271 g/mol. The minimum atomic E-state index is -1.01. The second-order valence-corrected chi connectivity index (χ2v) is 4.18. The zero-order valence-corrected chi connectivity index (χ0v) is 10.1. The van der Waals surface area contributed by atoms with Gasteiger partial charge in [0.1, 0.15) is 6.33 Å². The minimum absolute atomic E-state index is 0.155. The number of aromatic nitrogens is 5. The van der Waals surface area contributed by atoms with Crippen LogP contribution in [0.5, 0.6) is 0 Å². The summed E-state index contributed by atoms with van der Waals surface area (Å²) >= 11 is 0. The first-order valence-electron chi connectivity index (χ1n) is 5.73. The lowest BCUT2D eigenvalue weighted by atomic mass is 10.1. The van der Waals surface area contributed by atoms with E-state index in [4.69, 9.17) is 5.11 Å². The summed E-state index contributed by atoms with van der Waals surface area (Å²) in [6, 6.07) is 6.38. The molecular weight excluding hydrogens is 262 g/mol. The smallest absolute Gasteiger partial charge is 0.335 e. The molecule has 0 saturated heterocycles. The standard InChI is InChI=1S/C12H9N5O3/c18-11-9-10(15-16-14-9)13-6-17(11)5-7-2-1-3-8(4-7)12(19)20/h1-4,6H,5H2,(H,19,20)(H,14,15,16). The van der Waals surface area contributed by atoms with Crippen LogP contribution in [-0.2, 0) is 6.54 Å². The van der Waals surface area contributed by atoms with Gasteiger partial charge in [0.05, 0.1) is 12.1 Å². The third-order valence-corrected chi connectivity index (χ3v) is 2.84. The summed E-state index contributed by atoms with van der Waals surface area (Å²) in [6.07, 6.45) is 1.36. The fourth-order valence-electron chi connectivity index (χ4n) is 1.88. The Morgan fingerprint density at radius 1 is 1.35 bits per heavy atom. The molecule has 20 heavy (non-hydrogen) atoms. The highest BCUT2D eigenvalue weighted by molar-refractivity contribution is 5.87. The van der Waals surface area contributed by atoms with E-state index < -0.39 is 5.97 Å². The molecule has 0 unspecified atom stereocenters. The molecule has 8 nitrogen and oxygen atoms in total. The van der Waals surface area contributed by atoms with E-state index in [9.17, 15) is 9.59 Å². The lowest BCUT2D eigenvalue weighted by Crippen LogP contribution is -2.21. The number of aromatic amines is 1. The summed E-state index contributed by atoms with van der Waals surface area (Å²) < 4.78 is 1.35. The largest absolute Gasteiger partial charge is 0.478 e. The highest BCUT2D eigenvalue weighted by Crippen LogP contribution is 2.07. The van der Waals surface area contributed by atoms with Crippen molar-refractivity contribution < 1.29 is 9.90 Å². The number of hydrogen-bond acceptors (Lipinski definition) is 5. The van der Waals surface area contributed by atoms with E-state index in [1.165, 1.54) is 23.0 Å². The van der Waals surface area contributed by atoms with Gasteiger partial charge >= 0.3 is 5.97 Å². The van der Waals surface area contributed by atoms with Gasteiger partial charge in [-0.15, -0.1) is 10.2 Å². The van der Waals surface area contributed by atoms with E-state index in [1.54, 1.807) is 12.1 Å². The van der Waals surface area contributed by atoms with Crippen molar-refractivity contribution in [2.24, 2.45) is 0 Å². The second kappa shape index (κ2) is 4.57. The number of H-pyrrole nitrogens is 1. The van der Waals surface area contributed by atoms with Gasteiger partial charge in [0.15, 0.2) is 5.52 Å². The molecule has 0 radical (unpaired) electrons. The van der Waals surface area contributed by atoms with Gasteiger partial charge in [-0.3, -0.25) is 9.36 Å². The Morgan fingerprint density at radius 3 is 3.00 bits per heavy atom. The van der Waals surface area contributed by atoms with Crippen molar-refractivity contribution in [3.05, 3.63) is 52.1 Å². The number of fused-ring (bicyclic) bond motifs is 1. The van der Waals surface area contributed by atoms with Crippen LogP contribution < -0.4 is 5.56 Å². The van der Waals surface area contributed by atoms with Crippen molar-refractivity contribution in [2.75, 3.05) is 0 Å². The van der Waals surface area contributed by atoms with Gasteiger partial charge in [-0.2, -0.15) is 5.21 Å². The molecule has 2 aromatic heterocycles. The third-order valence-electron chi connectivity index (χ3n) is 2.84. The third kappa shape index (κ3) is 2.03. The Bertz CT molecular complexity index is 851. The van der Waals surface area contributed by atoms with Gasteiger partial charge < -0.3 is 5.11 Å². The maximum atomic E-state index is 12.1. The Morgan fingerprint density at radius 2 is 2.20 bits per heavy atom. The fraction of sp³-hybridized carbons (Fsp3) is 0.0833. The molecule has 3 aromatic rings. The second-order valence-electron chi connectivity index (χ2n) is 4.18. The predicted molar refractivity (Wildman–Crippen MR) is 68.4 cm³/mol. The molecule has 2 heterocycles. The van der Waals surface area contributed by atoms with Crippen molar-refractivity contribution in [1.82, 2.24) is 25.0 Å². The van der Waals surface area contributed by atoms with Crippen LogP contribution in [0, 0.1) is 0 Å². The zero-order chi connectivity index (χ0) is 14.1. The van der Waals surface area contributed by atoms with Crippen LogP contribution in [0.2, 0.25) is 0 Å². The summed E-state index contributed by atoms with van der Waals surface area (Å²) in [5, 5.41) is 18.7. The molecular formula is C12H9N5O3. The molecule has 0 atom stereocenters. The van der Waals surface area contributed by atoms with E-state index in [0.29, 0.717) is 5.56 Å². The highest BCUT2D eigenvalue weighted by atomic mass is 16.4. The van der Waals surface area contributed by atoms with Gasteiger partial charge in [-0.05, 0) is 17.7 Å². The van der Waals surface area contributed by atoms with Crippen LogP contribution in [0.15, 0.2) is 35.4 Å². The van der Waals surface area contributed by atoms with E-state index in [0.717, 1.165) is 0 Å². The Kier molecular flexibility index (Phi) is 2.75. The van der Waals surface area contributed by atoms with Crippen molar-refractivity contribution >= 4 is 17.1 Å². The maximum absolute atomic E-state index is 12.1. The first-order valence-corrected chi connectivity index (χ1v) is 5.73. The molecule has 0 fully saturated rings. The molecule has 0 aliphatic heterocycles. The summed E-state index contributed by atoms with van der Waals surface area (Å²) in [4.78, 5) is 27.0. The molecule has 0 amide bonds. The number of carbonyl (C=O) groups is 1. The van der Waals surface area contributed by atoms with Gasteiger partial charge in [0.2, 0.25) is 5.65 Å². The molecule has 0 bridgehead atoms. The lowest BCUT2D eigenvalue weighted by Gasteiger charge is -2.05. The molecule has 2 N–H and O–H groups in total. The maximum Gasteiger partial charge on any atom is 0.335 e. The Hall–Kier alpha value is -3.03. The number of carboxylic acid groups (broad SMARTS) is 1. The zero-order valence-electron chi connectivity index (χ0n) is 10.1. The summed E-state index contributed by atoms with van der Waals surface area (Å²) in [5.74, 6) is -1.01. The summed E-state index contributed by atoms with van der Waals surface area (Å²) in [6.45, 7) is 0.218. The van der Waals surface area contributed by atoms with Crippen LogP contribution >= 0.6 is 0 Å². The topological polar surface area (TPSA) is 114 Å². The molecule has 1 aromatic carbocycles. The minimum Gasteiger partial charge on any atom is -0.478 e. The van der Waals surface area contributed by atoms with E-state index in [1.807, 2.05) is 0 Å². The first-order chi connectivity index (χ1) is 9.65. The van der Waals surface area contributed by atoms with Crippen LogP contribution in [0.4, 0.5) is 0 Å². The van der Waals surface area contributed by atoms with Crippen molar-refractivity contribution in [3.8, 4) is 0 Å². The molecule has 3 rings (SSSR count). The number of benzene rings is 1. The van der Waals surface area contributed by atoms with Crippen molar-refractivity contribution in [1.29, 1.82) is 0 Å². The number of hydrogen-bond donors (Lipinski definition) is 2. The number of rotatable bonds is 3. The molecule has 0 spiro atoms.